The van der Waals surface area contributed by atoms with Gasteiger partial charge in [0.1, 0.15) is 5.75 Å². The minimum atomic E-state index is -3.51. The number of unbranched alkanes of at least 4 members (excludes halogenated alkanes) is 1. The first-order valence-electron chi connectivity index (χ1n) is 5.28. The molecule has 0 aliphatic carbocycles. The van der Waals surface area contributed by atoms with Crippen LogP contribution in [0.4, 0.5) is 8.78 Å². The number of alkyl halides is 2. The van der Waals surface area contributed by atoms with E-state index >= 15 is 0 Å². The molecule has 0 aromatic heterocycles. The van der Waals surface area contributed by atoms with E-state index in [9.17, 15) is 13.6 Å². The highest BCUT2D eigenvalue weighted by Gasteiger charge is 2.31. The second-order valence-electron chi connectivity index (χ2n) is 3.59. The highest BCUT2D eigenvalue weighted by Crippen LogP contribution is 2.32. The van der Waals surface area contributed by atoms with Gasteiger partial charge in [-0.25, -0.2) is 0 Å². The largest absolute Gasteiger partial charge is 0.492 e. The van der Waals surface area contributed by atoms with Gasteiger partial charge >= 0.3 is 5.92 Å². The van der Waals surface area contributed by atoms with Crippen molar-refractivity contribution in [2.75, 3.05) is 6.61 Å². The minimum Gasteiger partial charge on any atom is -0.492 e. The Hall–Kier alpha value is -1.16. The maximum Gasteiger partial charge on any atom is 0.327 e. The van der Waals surface area contributed by atoms with E-state index in [1.165, 1.54) is 6.07 Å². The highest BCUT2D eigenvalue weighted by molar-refractivity contribution is 6.32. The Kier molecular flexibility index (Phi) is 4.87. The second-order valence-corrected chi connectivity index (χ2v) is 4.00. The maximum absolute atomic E-state index is 13.1. The quantitative estimate of drug-likeness (QED) is 0.576. The lowest BCUT2D eigenvalue weighted by atomic mass is 10.1. The predicted molar refractivity (Wildman–Crippen MR) is 61.8 cm³/mol. The number of rotatable bonds is 6. The van der Waals surface area contributed by atoms with Crippen molar-refractivity contribution in [3.05, 3.63) is 28.8 Å². The molecule has 1 aromatic rings. The third kappa shape index (κ3) is 3.66. The Morgan fingerprint density at radius 1 is 1.47 bits per heavy atom. The average molecular weight is 263 g/mol. The van der Waals surface area contributed by atoms with Crippen LogP contribution in [0.15, 0.2) is 18.2 Å². The van der Waals surface area contributed by atoms with Crippen molar-refractivity contribution in [2.24, 2.45) is 0 Å². The fraction of sp³-hybridized carbons (Fsp3) is 0.417. The van der Waals surface area contributed by atoms with Gasteiger partial charge in [0.25, 0.3) is 0 Å². The number of carbonyl (C=O) groups excluding carboxylic acids is 1. The van der Waals surface area contributed by atoms with Crippen LogP contribution in [-0.4, -0.2) is 12.9 Å². The van der Waals surface area contributed by atoms with Crippen LogP contribution in [0.1, 0.15) is 25.3 Å². The number of benzene rings is 1. The zero-order valence-corrected chi connectivity index (χ0v) is 10.1. The maximum atomic E-state index is 13.1. The molecule has 0 amide bonds. The van der Waals surface area contributed by atoms with Crippen LogP contribution in [0.2, 0.25) is 5.02 Å². The molecule has 0 aliphatic heterocycles. The van der Waals surface area contributed by atoms with Crippen LogP contribution < -0.4 is 4.74 Å². The van der Waals surface area contributed by atoms with E-state index < -0.39 is 17.8 Å². The molecular weight excluding hydrogens is 250 g/mol. The smallest absolute Gasteiger partial charge is 0.327 e. The van der Waals surface area contributed by atoms with E-state index in [2.05, 4.69) is 0 Å². The number of hydrogen-bond acceptors (Lipinski definition) is 2. The predicted octanol–water partition coefficient (Wildman–Crippen LogP) is 3.81. The molecule has 0 bridgehead atoms. The van der Waals surface area contributed by atoms with Crippen LogP contribution in [0.5, 0.6) is 5.75 Å². The standard InChI is InChI=1S/C12H13ClF2O2/c1-2-3-6-17-11-7-9(4-5-10(11)13)12(14,15)8-16/h4-5,7-8H,2-3,6H2,1H3. The first kappa shape index (κ1) is 13.9. The average Bonchev–Trinajstić information content (AvgIpc) is 2.31. The Morgan fingerprint density at radius 2 is 2.18 bits per heavy atom. The third-order valence-corrected chi connectivity index (χ3v) is 2.53. The van der Waals surface area contributed by atoms with Gasteiger partial charge in [0.2, 0.25) is 0 Å². The van der Waals surface area contributed by atoms with E-state index in [1.807, 2.05) is 6.92 Å². The number of carbonyl (C=O) groups is 1. The van der Waals surface area contributed by atoms with Gasteiger partial charge in [-0.2, -0.15) is 8.78 Å². The van der Waals surface area contributed by atoms with Gasteiger partial charge in [-0.05, 0) is 18.6 Å². The van der Waals surface area contributed by atoms with Crippen molar-refractivity contribution in [1.29, 1.82) is 0 Å². The number of hydrogen-bond donors (Lipinski definition) is 0. The van der Waals surface area contributed by atoms with Crippen LogP contribution in [0, 0.1) is 0 Å². The summed E-state index contributed by atoms with van der Waals surface area (Å²) >= 11 is 5.81. The molecule has 0 fully saturated rings. The van der Waals surface area contributed by atoms with E-state index in [4.69, 9.17) is 16.3 Å². The SMILES string of the molecule is CCCCOc1cc(C(F)(F)C=O)ccc1Cl. The molecule has 0 heterocycles. The molecule has 17 heavy (non-hydrogen) atoms. The van der Waals surface area contributed by atoms with Gasteiger partial charge < -0.3 is 4.74 Å². The van der Waals surface area contributed by atoms with Crippen LogP contribution in [0.3, 0.4) is 0 Å². The van der Waals surface area contributed by atoms with E-state index in [0.717, 1.165) is 25.0 Å². The monoisotopic (exact) mass is 262 g/mol. The zero-order valence-electron chi connectivity index (χ0n) is 9.38. The minimum absolute atomic E-state index is 0.180. The molecule has 0 atom stereocenters. The van der Waals surface area contributed by atoms with E-state index in [0.29, 0.717) is 6.61 Å². The molecule has 0 N–H and O–H groups in total. The molecule has 0 saturated heterocycles. The lowest BCUT2D eigenvalue weighted by Crippen LogP contribution is -2.14. The Bertz CT molecular complexity index is 394. The first-order valence-corrected chi connectivity index (χ1v) is 5.66. The second kappa shape index (κ2) is 5.96. The molecule has 0 saturated carbocycles. The summed E-state index contributed by atoms with van der Waals surface area (Å²) in [5, 5.41) is 0.256. The van der Waals surface area contributed by atoms with Crippen molar-refractivity contribution in [1.82, 2.24) is 0 Å². The number of aldehydes is 1. The third-order valence-electron chi connectivity index (χ3n) is 2.22. The van der Waals surface area contributed by atoms with Gasteiger partial charge in [0.15, 0.2) is 6.29 Å². The van der Waals surface area contributed by atoms with Crippen molar-refractivity contribution in [2.45, 2.75) is 25.7 Å². The summed E-state index contributed by atoms with van der Waals surface area (Å²) in [7, 11) is 0. The Morgan fingerprint density at radius 3 is 2.76 bits per heavy atom. The molecule has 2 nitrogen and oxygen atoms in total. The number of ether oxygens (including phenoxy) is 1. The van der Waals surface area contributed by atoms with Gasteiger partial charge in [-0.3, -0.25) is 4.79 Å². The summed E-state index contributed by atoms with van der Waals surface area (Å²) < 4.78 is 31.5. The van der Waals surface area contributed by atoms with Gasteiger partial charge in [-0.1, -0.05) is 31.0 Å². The summed E-state index contributed by atoms with van der Waals surface area (Å²) in [6.45, 7) is 2.40. The molecule has 0 radical (unpaired) electrons. The zero-order chi connectivity index (χ0) is 12.9. The normalized spacial score (nSPS) is 11.3. The summed E-state index contributed by atoms with van der Waals surface area (Å²) in [5.41, 5.74) is -0.414. The molecule has 0 spiro atoms. The van der Waals surface area contributed by atoms with Crippen LogP contribution in [-0.2, 0) is 10.7 Å². The lowest BCUT2D eigenvalue weighted by molar-refractivity contribution is -0.130. The van der Waals surface area contributed by atoms with Gasteiger partial charge in [0.05, 0.1) is 11.6 Å². The molecule has 0 aliphatic rings. The molecule has 94 valence electrons. The van der Waals surface area contributed by atoms with Gasteiger partial charge in [0, 0.05) is 5.56 Å². The van der Waals surface area contributed by atoms with Crippen molar-refractivity contribution in [3.63, 3.8) is 0 Å². The molecule has 1 rings (SSSR count). The summed E-state index contributed by atoms with van der Waals surface area (Å²) in [6, 6.07) is 3.52. The first-order chi connectivity index (χ1) is 8.01. The van der Waals surface area contributed by atoms with Crippen LogP contribution in [0.25, 0.3) is 0 Å². The summed E-state index contributed by atoms with van der Waals surface area (Å²) in [4.78, 5) is 10.3. The fourth-order valence-electron chi connectivity index (χ4n) is 1.22. The number of halogens is 3. The van der Waals surface area contributed by atoms with E-state index in [-0.39, 0.29) is 10.8 Å². The van der Waals surface area contributed by atoms with Crippen LogP contribution >= 0.6 is 11.6 Å². The summed E-state index contributed by atoms with van der Waals surface area (Å²) in [6.07, 6.45) is 1.35. The van der Waals surface area contributed by atoms with Crippen molar-refractivity contribution >= 4 is 17.9 Å². The lowest BCUT2D eigenvalue weighted by Gasteiger charge is -2.13. The molecule has 1 aromatic carbocycles. The Balaban J connectivity index is 2.90. The molecular formula is C12H13ClF2O2. The molecule has 5 heteroatoms. The van der Waals surface area contributed by atoms with Crippen molar-refractivity contribution < 1.29 is 18.3 Å². The fourth-order valence-corrected chi connectivity index (χ4v) is 1.39. The summed E-state index contributed by atoms with van der Waals surface area (Å²) in [5.74, 6) is -3.33. The molecule has 0 unspecified atom stereocenters. The highest BCUT2D eigenvalue weighted by atomic mass is 35.5. The van der Waals surface area contributed by atoms with E-state index in [1.54, 1.807) is 0 Å². The topological polar surface area (TPSA) is 26.3 Å². The van der Waals surface area contributed by atoms with Crippen molar-refractivity contribution in [3.8, 4) is 5.75 Å². The Labute approximate surface area is 104 Å². The van der Waals surface area contributed by atoms with Gasteiger partial charge in [-0.15, -0.1) is 0 Å².